The molecule has 68 valence electrons. The molecule has 0 heterocycles. The molecule has 0 fully saturated rings. The van der Waals surface area contributed by atoms with E-state index in [4.69, 9.17) is 4.55 Å². The first-order valence-electron chi connectivity index (χ1n) is 3.87. The van der Waals surface area contributed by atoms with Gasteiger partial charge in [0, 0.05) is 0 Å². The van der Waals surface area contributed by atoms with Gasteiger partial charge in [-0.05, 0) is 12.8 Å². The summed E-state index contributed by atoms with van der Waals surface area (Å²) < 4.78 is 30.0. The highest BCUT2D eigenvalue weighted by atomic mass is 32.2. The molecule has 0 unspecified atom stereocenters. The quantitative estimate of drug-likeness (QED) is 0.669. The van der Waals surface area contributed by atoms with E-state index in [1.165, 1.54) is 6.08 Å². The molecule has 0 bridgehead atoms. The van der Waals surface area contributed by atoms with E-state index in [9.17, 15) is 8.42 Å². The first-order chi connectivity index (χ1) is 5.54. The zero-order valence-corrected chi connectivity index (χ0v) is 7.71. The second kappa shape index (κ2) is 3.41. The van der Waals surface area contributed by atoms with Gasteiger partial charge in [-0.2, -0.15) is 8.42 Å². The summed E-state index contributed by atoms with van der Waals surface area (Å²) in [5.74, 6) is 0. The summed E-state index contributed by atoms with van der Waals surface area (Å²) in [6.07, 6.45) is 6.42. The van der Waals surface area contributed by atoms with Gasteiger partial charge in [0.1, 0.15) is 5.25 Å². The smallest absolute Gasteiger partial charge is 0.271 e. The van der Waals surface area contributed by atoms with Crippen LogP contribution in [0.4, 0.5) is 0 Å². The number of hydrogen-bond acceptors (Lipinski definition) is 2. The van der Waals surface area contributed by atoms with E-state index in [2.05, 4.69) is 0 Å². The van der Waals surface area contributed by atoms with Crippen molar-refractivity contribution in [3.8, 4) is 0 Å². The van der Waals surface area contributed by atoms with E-state index in [1.807, 2.05) is 13.0 Å². The van der Waals surface area contributed by atoms with Crippen molar-refractivity contribution in [2.24, 2.45) is 0 Å². The third-order valence-electron chi connectivity index (χ3n) is 1.93. The van der Waals surface area contributed by atoms with E-state index < -0.39 is 15.4 Å². The van der Waals surface area contributed by atoms with Crippen LogP contribution in [0.3, 0.4) is 0 Å². The normalized spacial score (nSPS) is 23.8. The molecule has 0 amide bonds. The summed E-state index contributed by atoms with van der Waals surface area (Å²) in [4.78, 5) is 0. The molecule has 0 aromatic carbocycles. The van der Waals surface area contributed by atoms with Crippen molar-refractivity contribution in [1.29, 1.82) is 0 Å². The van der Waals surface area contributed by atoms with E-state index in [0.29, 0.717) is 6.42 Å². The highest BCUT2D eigenvalue weighted by Gasteiger charge is 2.20. The Labute approximate surface area is 72.5 Å². The Kier molecular flexibility index (Phi) is 2.69. The van der Waals surface area contributed by atoms with Crippen molar-refractivity contribution < 1.29 is 13.0 Å². The Morgan fingerprint density at radius 1 is 1.67 bits per heavy atom. The summed E-state index contributed by atoms with van der Waals surface area (Å²) in [6.45, 7) is 2.00. The van der Waals surface area contributed by atoms with Crippen LogP contribution in [-0.4, -0.2) is 18.2 Å². The third-order valence-corrected chi connectivity index (χ3v) is 3.04. The summed E-state index contributed by atoms with van der Waals surface area (Å²) in [5, 5.41) is -0.743. The largest absolute Gasteiger partial charge is 0.285 e. The van der Waals surface area contributed by atoms with Gasteiger partial charge >= 0.3 is 0 Å². The molecular weight excluding hydrogens is 176 g/mol. The highest BCUT2D eigenvalue weighted by Crippen LogP contribution is 2.17. The van der Waals surface area contributed by atoms with Gasteiger partial charge in [0.15, 0.2) is 0 Å². The van der Waals surface area contributed by atoms with E-state index in [1.54, 1.807) is 6.08 Å². The van der Waals surface area contributed by atoms with Gasteiger partial charge in [0.2, 0.25) is 0 Å². The lowest BCUT2D eigenvalue weighted by Gasteiger charge is -2.11. The molecule has 0 radical (unpaired) electrons. The van der Waals surface area contributed by atoms with Crippen molar-refractivity contribution in [3.05, 3.63) is 23.8 Å². The van der Waals surface area contributed by atoms with Crippen LogP contribution < -0.4 is 0 Å². The maximum atomic E-state index is 10.7. The van der Waals surface area contributed by atoms with Gasteiger partial charge in [-0.25, -0.2) is 0 Å². The SMILES string of the molecule is CCC1=CC[C@H](S(=O)(=O)O)C=C1. The molecule has 12 heavy (non-hydrogen) atoms. The van der Waals surface area contributed by atoms with E-state index in [0.717, 1.165) is 12.0 Å². The average molecular weight is 188 g/mol. The second-order valence-electron chi connectivity index (χ2n) is 2.78. The second-order valence-corrected chi connectivity index (χ2v) is 4.42. The lowest BCUT2D eigenvalue weighted by molar-refractivity contribution is 0.474. The van der Waals surface area contributed by atoms with Gasteiger partial charge in [-0.15, -0.1) is 0 Å². The molecule has 1 aliphatic rings. The molecule has 0 saturated heterocycles. The van der Waals surface area contributed by atoms with Crippen LogP contribution in [-0.2, 0) is 10.1 Å². The van der Waals surface area contributed by atoms with E-state index in [-0.39, 0.29) is 0 Å². The van der Waals surface area contributed by atoms with Crippen LogP contribution in [0.15, 0.2) is 23.8 Å². The van der Waals surface area contributed by atoms with Crippen LogP contribution in [0.25, 0.3) is 0 Å². The Bertz CT molecular complexity index is 311. The summed E-state index contributed by atoms with van der Waals surface area (Å²) in [5.41, 5.74) is 1.12. The zero-order chi connectivity index (χ0) is 9.19. The lowest BCUT2D eigenvalue weighted by atomic mass is 10.1. The van der Waals surface area contributed by atoms with Gasteiger partial charge in [0.05, 0.1) is 0 Å². The Balaban J connectivity index is 2.73. The fraction of sp³-hybridized carbons (Fsp3) is 0.500. The van der Waals surface area contributed by atoms with E-state index >= 15 is 0 Å². The molecule has 1 aliphatic carbocycles. The van der Waals surface area contributed by atoms with Gasteiger partial charge in [-0.3, -0.25) is 4.55 Å². The Hall–Kier alpha value is -0.610. The standard InChI is InChI=1S/C8H12O3S/c1-2-7-3-5-8(6-4-7)12(9,10)11/h3-5,8H,2,6H2,1H3,(H,9,10,11)/t8-/m1/s1. The minimum Gasteiger partial charge on any atom is -0.285 e. The van der Waals surface area contributed by atoms with Crippen molar-refractivity contribution in [2.45, 2.75) is 25.0 Å². The number of hydrogen-bond donors (Lipinski definition) is 1. The zero-order valence-electron chi connectivity index (χ0n) is 6.90. The van der Waals surface area contributed by atoms with Gasteiger partial charge in [-0.1, -0.05) is 30.7 Å². The summed E-state index contributed by atoms with van der Waals surface area (Å²) in [7, 11) is -3.89. The monoisotopic (exact) mass is 188 g/mol. The Morgan fingerprint density at radius 3 is 2.67 bits per heavy atom. The molecule has 4 heteroatoms. The van der Waals surface area contributed by atoms with Crippen molar-refractivity contribution in [2.75, 3.05) is 0 Å². The van der Waals surface area contributed by atoms with Crippen LogP contribution in [0.5, 0.6) is 0 Å². The van der Waals surface area contributed by atoms with Crippen molar-refractivity contribution in [3.63, 3.8) is 0 Å². The Morgan fingerprint density at radius 2 is 2.33 bits per heavy atom. The molecule has 1 N–H and O–H groups in total. The molecule has 0 aliphatic heterocycles. The first-order valence-corrected chi connectivity index (χ1v) is 5.38. The first kappa shape index (κ1) is 9.48. The minimum absolute atomic E-state index is 0.387. The number of allylic oxidation sites excluding steroid dienone is 3. The van der Waals surface area contributed by atoms with Crippen molar-refractivity contribution >= 4 is 10.1 Å². The predicted molar refractivity (Wildman–Crippen MR) is 47.5 cm³/mol. The topological polar surface area (TPSA) is 54.4 Å². The summed E-state index contributed by atoms with van der Waals surface area (Å²) in [6, 6.07) is 0. The lowest BCUT2D eigenvalue weighted by Crippen LogP contribution is -2.18. The van der Waals surface area contributed by atoms with Gasteiger partial charge in [0.25, 0.3) is 10.1 Å². The minimum atomic E-state index is -3.89. The molecule has 0 aromatic heterocycles. The molecule has 0 spiro atoms. The highest BCUT2D eigenvalue weighted by molar-refractivity contribution is 7.86. The average Bonchev–Trinajstić information content (AvgIpc) is 2.03. The fourth-order valence-corrected chi connectivity index (χ4v) is 1.74. The van der Waals surface area contributed by atoms with Gasteiger partial charge < -0.3 is 0 Å². The number of rotatable bonds is 2. The molecule has 0 saturated carbocycles. The van der Waals surface area contributed by atoms with Crippen LogP contribution in [0.1, 0.15) is 19.8 Å². The maximum absolute atomic E-state index is 10.7. The molecule has 0 aromatic rings. The molecular formula is C8H12O3S. The summed E-state index contributed by atoms with van der Waals surface area (Å²) >= 11 is 0. The van der Waals surface area contributed by atoms with Crippen LogP contribution in [0, 0.1) is 0 Å². The third kappa shape index (κ3) is 2.19. The predicted octanol–water partition coefficient (Wildman–Crippen LogP) is 1.54. The molecule has 3 nitrogen and oxygen atoms in total. The maximum Gasteiger partial charge on any atom is 0.271 e. The van der Waals surface area contributed by atoms with Crippen molar-refractivity contribution in [1.82, 2.24) is 0 Å². The molecule has 1 rings (SSSR count). The van der Waals surface area contributed by atoms with Crippen LogP contribution in [0.2, 0.25) is 0 Å². The molecule has 1 atom stereocenters. The fourth-order valence-electron chi connectivity index (χ4n) is 1.13. The van der Waals surface area contributed by atoms with Crippen LogP contribution >= 0.6 is 0 Å².